The molecule has 2 aromatic rings. The van der Waals surface area contributed by atoms with Gasteiger partial charge < -0.3 is 24.5 Å². The van der Waals surface area contributed by atoms with Crippen molar-refractivity contribution in [3.63, 3.8) is 0 Å². The van der Waals surface area contributed by atoms with Crippen LogP contribution < -0.4 is 15.9 Å². The van der Waals surface area contributed by atoms with Gasteiger partial charge in [-0.2, -0.15) is 0 Å². The predicted octanol–water partition coefficient (Wildman–Crippen LogP) is 2.61. The third-order valence-corrected chi connectivity index (χ3v) is 7.47. The SMILES string of the molecule is CCCCOC(=O)[C@@H](C)N[P@](=O)(CO[C@H](C)Cn1cnc2c(N)ncnc21)NC(C)(C)C(=O)OC(C)C. The third-order valence-electron chi connectivity index (χ3n) is 5.24. The molecule has 208 valence electrons. The van der Waals surface area contributed by atoms with E-state index >= 15 is 0 Å². The summed E-state index contributed by atoms with van der Waals surface area (Å²) in [6.45, 7) is 12.5. The maximum Gasteiger partial charge on any atom is 0.326 e. The number of imidazole rings is 1. The summed E-state index contributed by atoms with van der Waals surface area (Å²) in [6, 6.07) is -0.914. The lowest BCUT2D eigenvalue weighted by molar-refractivity contribution is -0.153. The number of nitrogen functional groups attached to an aromatic ring is 1. The average molecular weight is 542 g/mol. The summed E-state index contributed by atoms with van der Waals surface area (Å²) in [5, 5.41) is 5.68. The normalized spacial score (nSPS) is 15.4. The molecule has 0 fully saturated rings. The zero-order chi connectivity index (χ0) is 27.8. The Balaban J connectivity index is 2.15. The monoisotopic (exact) mass is 541 g/mol. The quantitative estimate of drug-likeness (QED) is 0.171. The molecule has 0 saturated heterocycles. The number of ether oxygens (including phenoxy) is 3. The van der Waals surface area contributed by atoms with Gasteiger partial charge in [-0.3, -0.25) is 14.2 Å². The van der Waals surface area contributed by atoms with Crippen molar-refractivity contribution in [3.05, 3.63) is 12.7 Å². The molecule has 13 nitrogen and oxygen atoms in total. The van der Waals surface area contributed by atoms with Crippen LogP contribution in [0.2, 0.25) is 0 Å². The van der Waals surface area contributed by atoms with Crippen molar-refractivity contribution >= 4 is 36.4 Å². The van der Waals surface area contributed by atoms with Crippen molar-refractivity contribution in [1.29, 1.82) is 0 Å². The van der Waals surface area contributed by atoms with Gasteiger partial charge in [-0.1, -0.05) is 13.3 Å². The Labute approximate surface area is 217 Å². The lowest BCUT2D eigenvalue weighted by Gasteiger charge is -2.32. The van der Waals surface area contributed by atoms with E-state index in [1.807, 2.05) is 6.92 Å². The Hall–Kier alpha value is -2.60. The van der Waals surface area contributed by atoms with E-state index in [-0.39, 0.29) is 24.9 Å². The van der Waals surface area contributed by atoms with Gasteiger partial charge >= 0.3 is 11.9 Å². The Morgan fingerprint density at radius 3 is 2.54 bits per heavy atom. The minimum absolute atomic E-state index is 0.269. The number of fused-ring (bicyclic) bond motifs is 1. The van der Waals surface area contributed by atoms with E-state index in [1.165, 1.54) is 6.33 Å². The number of aromatic nitrogens is 4. The second-order valence-electron chi connectivity index (χ2n) is 9.74. The molecular formula is C23H40N7O6P. The molecule has 0 amide bonds. The molecule has 2 aromatic heterocycles. The lowest BCUT2D eigenvalue weighted by atomic mass is 10.1. The van der Waals surface area contributed by atoms with E-state index in [9.17, 15) is 14.2 Å². The van der Waals surface area contributed by atoms with Crippen LogP contribution in [0.25, 0.3) is 11.2 Å². The van der Waals surface area contributed by atoms with E-state index in [2.05, 4.69) is 25.1 Å². The fourth-order valence-electron chi connectivity index (χ4n) is 3.36. The van der Waals surface area contributed by atoms with E-state index < -0.39 is 37.1 Å². The first-order chi connectivity index (χ1) is 17.3. The van der Waals surface area contributed by atoms with E-state index in [1.54, 1.807) is 52.4 Å². The van der Waals surface area contributed by atoms with Crippen molar-refractivity contribution in [2.45, 2.75) is 91.6 Å². The van der Waals surface area contributed by atoms with Crippen molar-refractivity contribution in [3.8, 4) is 0 Å². The zero-order valence-corrected chi connectivity index (χ0v) is 23.6. The Bertz CT molecular complexity index is 1110. The standard InChI is InChI=1S/C23H40N7O6P/c1-8-9-10-34-21(31)17(5)28-37(33,29-23(6,7)22(32)36-15(2)3)14-35-16(4)11-30-13-27-18-19(24)25-12-26-20(18)30/h12-13,15-17H,8-11,14H2,1-7H3,(H2,24,25,26)(H2,28,29,33)/t16-,17-,37-/m1/s1. The zero-order valence-electron chi connectivity index (χ0n) is 22.7. The minimum Gasteiger partial charge on any atom is -0.465 e. The molecule has 0 aliphatic heterocycles. The molecule has 37 heavy (non-hydrogen) atoms. The summed E-state index contributed by atoms with van der Waals surface area (Å²) in [4.78, 5) is 37.5. The highest BCUT2D eigenvalue weighted by atomic mass is 31.2. The summed E-state index contributed by atoms with van der Waals surface area (Å²) >= 11 is 0. The number of carbonyl (C=O) groups is 2. The molecule has 3 atom stereocenters. The second kappa shape index (κ2) is 13.3. The Morgan fingerprint density at radius 2 is 1.89 bits per heavy atom. The number of hydrogen-bond donors (Lipinski definition) is 3. The van der Waals surface area contributed by atoms with Crippen molar-refractivity contribution in [2.24, 2.45) is 0 Å². The van der Waals surface area contributed by atoms with Crippen molar-refractivity contribution in [2.75, 3.05) is 18.7 Å². The van der Waals surface area contributed by atoms with E-state index in [0.29, 0.717) is 17.7 Å². The minimum atomic E-state index is -3.68. The predicted molar refractivity (Wildman–Crippen MR) is 140 cm³/mol. The maximum absolute atomic E-state index is 14.0. The summed E-state index contributed by atoms with van der Waals surface area (Å²) < 4.78 is 32.3. The number of nitrogens with zero attached hydrogens (tertiary/aromatic N) is 4. The van der Waals surface area contributed by atoms with Crippen LogP contribution in [0.3, 0.4) is 0 Å². The maximum atomic E-state index is 14.0. The number of unbranched alkanes of at least 4 members (excludes halogenated alkanes) is 1. The van der Waals surface area contributed by atoms with Gasteiger partial charge in [0.2, 0.25) is 7.44 Å². The van der Waals surface area contributed by atoms with Gasteiger partial charge in [0.1, 0.15) is 29.8 Å². The van der Waals surface area contributed by atoms with Gasteiger partial charge in [0, 0.05) is 0 Å². The Morgan fingerprint density at radius 1 is 1.19 bits per heavy atom. The topological polar surface area (TPSA) is 173 Å². The molecule has 0 aliphatic carbocycles. The summed E-state index contributed by atoms with van der Waals surface area (Å²) in [5.41, 5.74) is 5.54. The van der Waals surface area contributed by atoms with Crippen LogP contribution in [0.5, 0.6) is 0 Å². The first-order valence-electron chi connectivity index (χ1n) is 12.3. The molecular weight excluding hydrogens is 501 g/mol. The number of nitrogens with two attached hydrogens (primary N) is 1. The molecule has 0 unspecified atom stereocenters. The molecule has 0 saturated carbocycles. The molecule has 0 bridgehead atoms. The van der Waals surface area contributed by atoms with Crippen LogP contribution in [0.4, 0.5) is 5.82 Å². The largest absolute Gasteiger partial charge is 0.465 e. The third kappa shape index (κ3) is 9.03. The molecule has 2 heterocycles. The number of nitrogens with one attached hydrogen (secondary N) is 2. The van der Waals surface area contributed by atoms with Crippen molar-refractivity contribution < 1.29 is 28.4 Å². The molecule has 0 aromatic carbocycles. The van der Waals surface area contributed by atoms with Crippen LogP contribution in [-0.2, 0) is 34.9 Å². The van der Waals surface area contributed by atoms with Crippen LogP contribution in [-0.4, -0.2) is 68.2 Å². The molecule has 4 N–H and O–H groups in total. The van der Waals surface area contributed by atoms with Gasteiger partial charge in [0.05, 0.1) is 31.7 Å². The number of esters is 2. The number of rotatable bonds is 15. The van der Waals surface area contributed by atoms with E-state index in [0.717, 1.165) is 12.8 Å². The van der Waals surface area contributed by atoms with Crippen LogP contribution in [0, 0.1) is 0 Å². The fraction of sp³-hybridized carbons (Fsp3) is 0.696. The summed E-state index contributed by atoms with van der Waals surface area (Å²) in [6.07, 6.45) is 3.41. The summed E-state index contributed by atoms with van der Waals surface area (Å²) in [7, 11) is -3.68. The fourth-order valence-corrected chi connectivity index (χ4v) is 5.76. The molecule has 0 spiro atoms. The van der Waals surface area contributed by atoms with Gasteiger partial charge in [0.25, 0.3) is 0 Å². The Kier molecular flexibility index (Phi) is 11.0. The number of carbonyl (C=O) groups excluding carboxylic acids is 2. The molecule has 14 heteroatoms. The number of anilines is 1. The van der Waals surface area contributed by atoms with E-state index in [4.69, 9.17) is 19.9 Å². The van der Waals surface area contributed by atoms with Crippen LogP contribution in [0.1, 0.15) is 61.3 Å². The highest BCUT2D eigenvalue weighted by molar-refractivity contribution is 7.59. The van der Waals surface area contributed by atoms with Gasteiger partial charge in [0.15, 0.2) is 11.5 Å². The average Bonchev–Trinajstić information content (AvgIpc) is 3.21. The van der Waals surface area contributed by atoms with Crippen LogP contribution >= 0.6 is 7.44 Å². The summed E-state index contributed by atoms with van der Waals surface area (Å²) in [5.74, 6) is -0.864. The molecule has 2 rings (SSSR count). The van der Waals surface area contributed by atoms with Gasteiger partial charge in [-0.25, -0.2) is 25.1 Å². The second-order valence-corrected chi connectivity index (χ2v) is 12.0. The van der Waals surface area contributed by atoms with Crippen molar-refractivity contribution in [1.82, 2.24) is 29.7 Å². The molecule has 0 radical (unpaired) electrons. The highest BCUT2D eigenvalue weighted by Crippen LogP contribution is 2.40. The first kappa shape index (κ1) is 30.6. The molecule has 0 aliphatic rings. The van der Waals surface area contributed by atoms with Gasteiger partial charge in [-0.15, -0.1) is 0 Å². The highest BCUT2D eigenvalue weighted by Gasteiger charge is 2.39. The number of hydrogen-bond acceptors (Lipinski definition) is 10. The van der Waals surface area contributed by atoms with Gasteiger partial charge in [-0.05, 0) is 48.0 Å². The first-order valence-corrected chi connectivity index (χ1v) is 14.2. The lowest BCUT2D eigenvalue weighted by Crippen LogP contribution is -2.50. The smallest absolute Gasteiger partial charge is 0.326 e. The van der Waals surface area contributed by atoms with Crippen LogP contribution in [0.15, 0.2) is 12.7 Å².